The fourth-order valence-electron chi connectivity index (χ4n) is 2.66. The summed E-state index contributed by atoms with van der Waals surface area (Å²) in [7, 11) is 3.48. The average Bonchev–Trinajstić information content (AvgIpc) is 2.47. The van der Waals surface area contributed by atoms with E-state index in [0.29, 0.717) is 0 Å². The third-order valence-corrected chi connectivity index (χ3v) is 4.59. The number of hydrogen-bond donors (Lipinski definition) is 0. The smallest absolute Gasteiger partial charge is 0.173 e. The van der Waals surface area contributed by atoms with Crippen molar-refractivity contribution in [3.05, 3.63) is 12.2 Å². The molecule has 0 aliphatic rings. The zero-order chi connectivity index (χ0) is 15.5. The van der Waals surface area contributed by atoms with Crippen LogP contribution < -0.4 is 0 Å². The Morgan fingerprint density at radius 1 is 0.850 bits per heavy atom. The fraction of sp³-hybridized carbons (Fsp3) is 0.889. The first kappa shape index (κ1) is 19.7. The Bertz CT molecular complexity index is 256. The van der Waals surface area contributed by atoms with Gasteiger partial charge in [0.15, 0.2) is 5.79 Å². The van der Waals surface area contributed by atoms with Crippen LogP contribution in [0.15, 0.2) is 12.2 Å². The third-order valence-electron chi connectivity index (χ3n) is 4.59. The Morgan fingerprint density at radius 2 is 1.40 bits per heavy atom. The third kappa shape index (κ3) is 5.97. The highest BCUT2D eigenvalue weighted by atomic mass is 16.7. The minimum atomic E-state index is -0.553. The van der Waals surface area contributed by atoms with E-state index in [1.165, 1.54) is 38.5 Å². The van der Waals surface area contributed by atoms with Crippen LogP contribution in [0.5, 0.6) is 0 Å². The maximum absolute atomic E-state index is 5.67. The van der Waals surface area contributed by atoms with Gasteiger partial charge in [-0.25, -0.2) is 0 Å². The molecule has 0 saturated heterocycles. The standard InChI is InChI=1S/C18H36O2/c1-7-9-11-12-13-14-16-17(3,15-10-8-2)18(4,19-5)20-6/h10,15H,7-9,11-14,16H2,1-6H3. The van der Waals surface area contributed by atoms with Gasteiger partial charge < -0.3 is 9.47 Å². The van der Waals surface area contributed by atoms with Crippen LogP contribution in [0.3, 0.4) is 0 Å². The molecule has 2 nitrogen and oxygen atoms in total. The second-order valence-corrected chi connectivity index (χ2v) is 6.10. The van der Waals surface area contributed by atoms with Crippen LogP contribution in [0.2, 0.25) is 0 Å². The van der Waals surface area contributed by atoms with E-state index < -0.39 is 5.79 Å². The number of unbranched alkanes of at least 4 members (excludes halogenated alkanes) is 5. The lowest BCUT2D eigenvalue weighted by molar-refractivity contribution is -0.248. The molecule has 0 rings (SSSR count). The van der Waals surface area contributed by atoms with Crippen LogP contribution in [0.1, 0.15) is 79.1 Å². The molecule has 0 amide bonds. The molecule has 0 aliphatic heterocycles. The predicted molar refractivity (Wildman–Crippen MR) is 88.0 cm³/mol. The minimum Gasteiger partial charge on any atom is -0.353 e. The van der Waals surface area contributed by atoms with Crippen LogP contribution in [0.25, 0.3) is 0 Å². The first-order valence-corrected chi connectivity index (χ1v) is 8.27. The first-order valence-electron chi connectivity index (χ1n) is 8.27. The SMILES string of the molecule is CCC=CC(C)(CCCCCCCC)C(C)(OC)OC. The molecule has 0 saturated carbocycles. The lowest BCUT2D eigenvalue weighted by Crippen LogP contribution is -2.46. The summed E-state index contributed by atoms with van der Waals surface area (Å²) in [6.45, 7) is 8.72. The molecule has 0 aromatic rings. The summed E-state index contributed by atoms with van der Waals surface area (Å²) in [5.74, 6) is -0.553. The van der Waals surface area contributed by atoms with Gasteiger partial charge in [-0.3, -0.25) is 0 Å². The molecule has 0 N–H and O–H groups in total. The monoisotopic (exact) mass is 284 g/mol. The molecule has 1 unspecified atom stereocenters. The van der Waals surface area contributed by atoms with Gasteiger partial charge in [-0.05, 0) is 19.8 Å². The van der Waals surface area contributed by atoms with Crippen LogP contribution in [0.4, 0.5) is 0 Å². The van der Waals surface area contributed by atoms with Crippen LogP contribution in [-0.2, 0) is 9.47 Å². The van der Waals surface area contributed by atoms with E-state index in [0.717, 1.165) is 12.8 Å². The zero-order valence-corrected chi connectivity index (χ0v) is 14.6. The largest absolute Gasteiger partial charge is 0.353 e. The van der Waals surface area contributed by atoms with E-state index >= 15 is 0 Å². The average molecular weight is 284 g/mol. The minimum absolute atomic E-state index is 0.0722. The highest BCUT2D eigenvalue weighted by molar-refractivity contribution is 5.04. The fourth-order valence-corrected chi connectivity index (χ4v) is 2.66. The molecule has 0 heterocycles. The van der Waals surface area contributed by atoms with Crippen LogP contribution in [0, 0.1) is 5.41 Å². The van der Waals surface area contributed by atoms with Gasteiger partial charge in [0.2, 0.25) is 0 Å². The van der Waals surface area contributed by atoms with Gasteiger partial charge >= 0.3 is 0 Å². The van der Waals surface area contributed by atoms with Gasteiger partial charge in [-0.1, -0.05) is 71.4 Å². The van der Waals surface area contributed by atoms with Crippen molar-refractivity contribution in [1.82, 2.24) is 0 Å². The Kier molecular flexibility index (Phi) is 10.2. The Balaban J connectivity index is 4.52. The molecule has 0 aliphatic carbocycles. The van der Waals surface area contributed by atoms with E-state index in [4.69, 9.17) is 9.47 Å². The lowest BCUT2D eigenvalue weighted by Gasteiger charge is -2.42. The number of methoxy groups -OCH3 is 2. The summed E-state index contributed by atoms with van der Waals surface area (Å²) in [4.78, 5) is 0. The van der Waals surface area contributed by atoms with Crippen molar-refractivity contribution in [2.24, 2.45) is 5.41 Å². The molecule has 1 atom stereocenters. The first-order chi connectivity index (χ1) is 9.49. The molecule has 0 radical (unpaired) electrons. The molecule has 2 heteroatoms. The van der Waals surface area contributed by atoms with Gasteiger partial charge in [0.1, 0.15) is 0 Å². The molecule has 0 aromatic heterocycles. The number of allylic oxidation sites excluding steroid dienone is 1. The summed E-state index contributed by atoms with van der Waals surface area (Å²) < 4.78 is 11.3. The number of ether oxygens (including phenoxy) is 2. The Hall–Kier alpha value is -0.340. The van der Waals surface area contributed by atoms with Crippen molar-refractivity contribution in [1.29, 1.82) is 0 Å². The van der Waals surface area contributed by atoms with E-state index in [1.807, 2.05) is 6.92 Å². The van der Waals surface area contributed by atoms with E-state index in [9.17, 15) is 0 Å². The van der Waals surface area contributed by atoms with Crippen LogP contribution >= 0.6 is 0 Å². The van der Waals surface area contributed by atoms with Gasteiger partial charge in [0.05, 0.1) is 0 Å². The normalized spacial score (nSPS) is 15.7. The van der Waals surface area contributed by atoms with E-state index in [2.05, 4.69) is 32.9 Å². The van der Waals surface area contributed by atoms with Crippen molar-refractivity contribution in [3.8, 4) is 0 Å². The second-order valence-electron chi connectivity index (χ2n) is 6.10. The topological polar surface area (TPSA) is 18.5 Å². The van der Waals surface area contributed by atoms with Gasteiger partial charge in [-0.2, -0.15) is 0 Å². The second kappa shape index (κ2) is 10.4. The van der Waals surface area contributed by atoms with E-state index in [1.54, 1.807) is 14.2 Å². The molecular weight excluding hydrogens is 248 g/mol. The van der Waals surface area contributed by atoms with Gasteiger partial charge in [-0.15, -0.1) is 0 Å². The Morgan fingerprint density at radius 3 is 1.90 bits per heavy atom. The summed E-state index contributed by atoms with van der Waals surface area (Å²) in [6.07, 6.45) is 14.6. The van der Waals surface area contributed by atoms with Crippen LogP contribution in [-0.4, -0.2) is 20.0 Å². The predicted octanol–water partition coefficient (Wildman–Crippen LogP) is 5.72. The van der Waals surface area contributed by atoms with Gasteiger partial charge in [0.25, 0.3) is 0 Å². The quantitative estimate of drug-likeness (QED) is 0.259. The summed E-state index contributed by atoms with van der Waals surface area (Å²) in [5.41, 5.74) is -0.0722. The summed E-state index contributed by atoms with van der Waals surface area (Å²) >= 11 is 0. The van der Waals surface area contributed by atoms with Crippen molar-refractivity contribution in [2.75, 3.05) is 14.2 Å². The maximum Gasteiger partial charge on any atom is 0.173 e. The molecule has 0 fully saturated rings. The molecule has 0 spiro atoms. The number of hydrogen-bond acceptors (Lipinski definition) is 2. The molecular formula is C18H36O2. The molecule has 0 bridgehead atoms. The number of rotatable bonds is 12. The highest BCUT2D eigenvalue weighted by Crippen LogP contribution is 2.41. The summed E-state index contributed by atoms with van der Waals surface area (Å²) in [6, 6.07) is 0. The van der Waals surface area contributed by atoms with Gasteiger partial charge in [0, 0.05) is 19.6 Å². The summed E-state index contributed by atoms with van der Waals surface area (Å²) in [5, 5.41) is 0. The van der Waals surface area contributed by atoms with Crippen molar-refractivity contribution < 1.29 is 9.47 Å². The van der Waals surface area contributed by atoms with E-state index in [-0.39, 0.29) is 5.41 Å². The lowest BCUT2D eigenvalue weighted by atomic mass is 9.76. The highest BCUT2D eigenvalue weighted by Gasteiger charge is 2.43. The molecule has 120 valence electrons. The Labute approximate surface area is 126 Å². The maximum atomic E-state index is 5.67. The molecule has 20 heavy (non-hydrogen) atoms. The zero-order valence-electron chi connectivity index (χ0n) is 14.6. The van der Waals surface area contributed by atoms with Crippen molar-refractivity contribution >= 4 is 0 Å². The molecule has 0 aromatic carbocycles. The van der Waals surface area contributed by atoms with Crippen molar-refractivity contribution in [3.63, 3.8) is 0 Å². The van der Waals surface area contributed by atoms with Crippen molar-refractivity contribution in [2.45, 2.75) is 84.8 Å².